The molecular weight excluding hydrogens is 131 g/mol. The van der Waals surface area contributed by atoms with E-state index in [1.54, 1.807) is 18.3 Å². The summed E-state index contributed by atoms with van der Waals surface area (Å²) in [6, 6.07) is 3.50. The lowest BCUT2D eigenvalue weighted by atomic mass is 10.2. The van der Waals surface area contributed by atoms with Crippen molar-refractivity contribution in [2.75, 3.05) is 6.54 Å². The average Bonchev–Trinajstić information content (AvgIpc) is 2.38. The number of H-pyrrole nitrogens is 1. The molecule has 1 unspecified atom stereocenters. The van der Waals surface area contributed by atoms with Crippen LogP contribution in [0.4, 0.5) is 4.39 Å². The fourth-order valence-electron chi connectivity index (χ4n) is 0.841. The molecule has 1 rings (SSSR count). The number of aromatic amines is 1. The Morgan fingerprint density at radius 1 is 1.70 bits per heavy atom. The van der Waals surface area contributed by atoms with Gasteiger partial charge in [0.15, 0.2) is 0 Å². The van der Waals surface area contributed by atoms with Gasteiger partial charge in [0.1, 0.15) is 6.17 Å². The topological polar surface area (TPSA) is 41.8 Å². The number of hydrogen-bond donors (Lipinski definition) is 2. The van der Waals surface area contributed by atoms with Crippen molar-refractivity contribution in [1.82, 2.24) is 4.98 Å². The molecule has 10 heavy (non-hydrogen) atoms. The normalized spacial score (nSPS) is 13.4. The minimum Gasteiger partial charge on any atom is -0.363 e. The van der Waals surface area contributed by atoms with E-state index >= 15 is 0 Å². The lowest BCUT2D eigenvalue weighted by Crippen LogP contribution is -2.03. The molecule has 0 spiro atoms. The molecule has 0 radical (unpaired) electrons. The maximum Gasteiger partial charge on any atom is 0.141 e. The number of aromatic nitrogens is 1. The van der Waals surface area contributed by atoms with Crippen molar-refractivity contribution < 1.29 is 4.39 Å². The Hall–Kier alpha value is -0.830. The van der Waals surface area contributed by atoms with Gasteiger partial charge >= 0.3 is 0 Å². The summed E-state index contributed by atoms with van der Waals surface area (Å²) in [5, 5.41) is 0. The van der Waals surface area contributed by atoms with Gasteiger partial charge in [-0.15, -0.1) is 0 Å². The van der Waals surface area contributed by atoms with Crippen LogP contribution >= 0.6 is 0 Å². The molecule has 2 nitrogen and oxygen atoms in total. The van der Waals surface area contributed by atoms with Gasteiger partial charge in [-0.3, -0.25) is 0 Å². The Kier molecular flexibility index (Phi) is 2.45. The zero-order valence-electron chi connectivity index (χ0n) is 5.68. The lowest BCUT2D eigenvalue weighted by Gasteiger charge is -2.01. The predicted octanol–water partition coefficient (Wildman–Crippen LogP) is 1.37. The summed E-state index contributed by atoms with van der Waals surface area (Å²) in [7, 11) is 0. The van der Waals surface area contributed by atoms with E-state index in [1.165, 1.54) is 0 Å². The number of nitrogens with one attached hydrogen (secondary N) is 1. The minimum absolute atomic E-state index is 0.389. The highest BCUT2D eigenvalue weighted by molar-refractivity contribution is 5.06. The van der Waals surface area contributed by atoms with Gasteiger partial charge in [-0.1, -0.05) is 0 Å². The van der Waals surface area contributed by atoms with E-state index in [9.17, 15) is 4.39 Å². The predicted molar refractivity (Wildman–Crippen MR) is 38.3 cm³/mol. The van der Waals surface area contributed by atoms with Crippen molar-refractivity contribution >= 4 is 0 Å². The molecule has 1 aromatic heterocycles. The van der Waals surface area contributed by atoms with Crippen molar-refractivity contribution in [1.29, 1.82) is 0 Å². The Morgan fingerprint density at radius 3 is 3.00 bits per heavy atom. The molecule has 3 N–H and O–H groups in total. The molecule has 1 atom stereocenters. The molecular formula is C7H11FN2. The zero-order chi connectivity index (χ0) is 7.40. The van der Waals surface area contributed by atoms with Gasteiger partial charge in [0.25, 0.3) is 0 Å². The average molecular weight is 142 g/mol. The molecule has 0 saturated heterocycles. The smallest absolute Gasteiger partial charge is 0.141 e. The summed E-state index contributed by atoms with van der Waals surface area (Å²) in [6.45, 7) is 0.389. The number of alkyl halides is 1. The molecule has 3 heteroatoms. The van der Waals surface area contributed by atoms with Gasteiger partial charge in [0.05, 0.1) is 0 Å². The maximum absolute atomic E-state index is 12.9. The monoisotopic (exact) mass is 142 g/mol. The first-order chi connectivity index (χ1) is 4.84. The summed E-state index contributed by atoms with van der Waals surface area (Å²) >= 11 is 0. The van der Waals surface area contributed by atoms with Crippen LogP contribution in [-0.2, 0) is 0 Å². The van der Waals surface area contributed by atoms with Gasteiger partial charge in [-0.2, -0.15) is 0 Å². The van der Waals surface area contributed by atoms with Crippen LogP contribution in [0.3, 0.4) is 0 Å². The number of halogens is 1. The van der Waals surface area contributed by atoms with Gasteiger partial charge in [-0.05, 0) is 25.1 Å². The third kappa shape index (κ3) is 1.57. The van der Waals surface area contributed by atoms with E-state index in [0.29, 0.717) is 18.7 Å². The Bertz CT molecular complexity index is 172. The van der Waals surface area contributed by atoms with Crippen LogP contribution in [0.25, 0.3) is 0 Å². The first kappa shape index (κ1) is 7.28. The van der Waals surface area contributed by atoms with Gasteiger partial charge in [-0.25, -0.2) is 4.39 Å². The molecule has 0 aliphatic rings. The fourth-order valence-corrected chi connectivity index (χ4v) is 0.841. The largest absolute Gasteiger partial charge is 0.363 e. The fraction of sp³-hybridized carbons (Fsp3) is 0.429. The molecule has 1 heterocycles. The molecule has 56 valence electrons. The quantitative estimate of drug-likeness (QED) is 0.657. The molecule has 0 saturated carbocycles. The van der Waals surface area contributed by atoms with Crippen LogP contribution in [-0.4, -0.2) is 11.5 Å². The van der Waals surface area contributed by atoms with Crippen molar-refractivity contribution in [3.63, 3.8) is 0 Å². The highest BCUT2D eigenvalue weighted by atomic mass is 19.1. The zero-order valence-corrected chi connectivity index (χ0v) is 5.68. The van der Waals surface area contributed by atoms with E-state index in [-0.39, 0.29) is 0 Å². The van der Waals surface area contributed by atoms with Crippen LogP contribution in [0.1, 0.15) is 18.3 Å². The van der Waals surface area contributed by atoms with Gasteiger partial charge < -0.3 is 10.7 Å². The second kappa shape index (κ2) is 3.37. The maximum atomic E-state index is 12.9. The van der Waals surface area contributed by atoms with Crippen LogP contribution in [0.2, 0.25) is 0 Å². The molecule has 0 amide bonds. The lowest BCUT2D eigenvalue weighted by molar-refractivity contribution is 0.321. The van der Waals surface area contributed by atoms with Crippen LogP contribution in [0, 0.1) is 0 Å². The first-order valence-electron chi connectivity index (χ1n) is 3.32. The van der Waals surface area contributed by atoms with Gasteiger partial charge in [0.2, 0.25) is 0 Å². The van der Waals surface area contributed by atoms with E-state index in [1.807, 2.05) is 0 Å². The molecule has 1 aromatic rings. The third-order valence-electron chi connectivity index (χ3n) is 1.38. The molecule has 0 aliphatic carbocycles. The summed E-state index contributed by atoms with van der Waals surface area (Å²) in [5.74, 6) is 0. The summed E-state index contributed by atoms with van der Waals surface area (Å²) in [4.78, 5) is 2.79. The van der Waals surface area contributed by atoms with E-state index in [0.717, 1.165) is 0 Å². The Balaban J connectivity index is 2.50. The summed E-state index contributed by atoms with van der Waals surface area (Å²) in [5.41, 5.74) is 5.80. The second-order valence-corrected chi connectivity index (χ2v) is 2.17. The number of rotatable bonds is 3. The van der Waals surface area contributed by atoms with Crippen molar-refractivity contribution in [2.45, 2.75) is 12.6 Å². The summed E-state index contributed by atoms with van der Waals surface area (Å²) < 4.78 is 12.9. The highest BCUT2D eigenvalue weighted by Gasteiger charge is 2.07. The SMILES string of the molecule is NCCC(F)c1ccc[nH]1. The number of nitrogens with two attached hydrogens (primary N) is 1. The minimum atomic E-state index is -0.931. The van der Waals surface area contributed by atoms with Crippen LogP contribution in [0.5, 0.6) is 0 Å². The highest BCUT2D eigenvalue weighted by Crippen LogP contribution is 2.17. The van der Waals surface area contributed by atoms with Crippen LogP contribution < -0.4 is 5.73 Å². The Morgan fingerprint density at radius 2 is 2.50 bits per heavy atom. The third-order valence-corrected chi connectivity index (χ3v) is 1.38. The van der Waals surface area contributed by atoms with E-state index in [2.05, 4.69) is 4.98 Å². The van der Waals surface area contributed by atoms with Crippen molar-refractivity contribution in [3.8, 4) is 0 Å². The summed E-state index contributed by atoms with van der Waals surface area (Å²) in [6.07, 6.45) is 1.17. The standard InChI is InChI=1S/C7H11FN2/c8-6(3-4-9)7-2-1-5-10-7/h1-2,5-6,10H,3-4,9H2. The van der Waals surface area contributed by atoms with Crippen molar-refractivity contribution in [3.05, 3.63) is 24.0 Å². The number of hydrogen-bond acceptors (Lipinski definition) is 1. The Labute approximate surface area is 59.2 Å². The molecule has 0 aromatic carbocycles. The molecule has 0 bridgehead atoms. The molecule has 0 aliphatic heterocycles. The molecule has 0 fully saturated rings. The van der Waals surface area contributed by atoms with Crippen LogP contribution in [0.15, 0.2) is 18.3 Å². The van der Waals surface area contributed by atoms with Crippen molar-refractivity contribution in [2.24, 2.45) is 5.73 Å². The first-order valence-corrected chi connectivity index (χ1v) is 3.32. The van der Waals surface area contributed by atoms with E-state index in [4.69, 9.17) is 5.73 Å². The second-order valence-electron chi connectivity index (χ2n) is 2.17. The van der Waals surface area contributed by atoms with Gasteiger partial charge in [0, 0.05) is 11.9 Å². The van der Waals surface area contributed by atoms with E-state index < -0.39 is 6.17 Å².